The highest BCUT2D eigenvalue weighted by Crippen LogP contribution is 1.97. The van der Waals surface area contributed by atoms with Gasteiger partial charge in [0.15, 0.2) is 0 Å². The number of terminal acetylenes is 1. The van der Waals surface area contributed by atoms with Gasteiger partial charge in [-0.3, -0.25) is 10.1 Å². The Morgan fingerprint density at radius 3 is 2.50 bits per heavy atom. The van der Waals surface area contributed by atoms with Crippen LogP contribution < -0.4 is 10.6 Å². The molecule has 0 bridgehead atoms. The normalized spacial score (nSPS) is 10.1. The van der Waals surface area contributed by atoms with Crippen molar-refractivity contribution in [2.75, 3.05) is 5.88 Å². The molecule has 5 heteroatoms. The van der Waals surface area contributed by atoms with Crippen molar-refractivity contribution < 1.29 is 9.59 Å². The van der Waals surface area contributed by atoms with Gasteiger partial charge in [-0.1, -0.05) is 5.92 Å². The lowest BCUT2D eigenvalue weighted by Gasteiger charge is -2.19. The number of urea groups is 1. The van der Waals surface area contributed by atoms with E-state index in [1.54, 1.807) is 13.8 Å². The van der Waals surface area contributed by atoms with Crippen LogP contribution in [0.25, 0.3) is 0 Å². The second-order valence-electron chi connectivity index (χ2n) is 3.21. The molecule has 3 amide bonds. The van der Waals surface area contributed by atoms with Crippen LogP contribution in [0.3, 0.4) is 0 Å². The average Bonchev–Trinajstić information content (AvgIpc) is 2.03. The first-order valence-electron chi connectivity index (χ1n) is 4.07. The number of carbonyl (C=O) groups excluding carboxylic acids is 2. The van der Waals surface area contributed by atoms with Crippen LogP contribution in [0.2, 0.25) is 0 Å². The van der Waals surface area contributed by atoms with Gasteiger partial charge in [-0.15, -0.1) is 18.0 Å². The Bertz CT molecular complexity index is 268. The van der Waals surface area contributed by atoms with E-state index in [-0.39, 0.29) is 12.3 Å². The monoisotopic (exact) mass is 216 g/mol. The molecule has 0 aromatic heterocycles. The van der Waals surface area contributed by atoms with Crippen molar-refractivity contribution in [2.24, 2.45) is 0 Å². The SMILES string of the molecule is C#CC(C)(C)NC(=O)NC(=O)CCCl. The van der Waals surface area contributed by atoms with Gasteiger partial charge in [-0.05, 0) is 13.8 Å². The van der Waals surface area contributed by atoms with Gasteiger partial charge >= 0.3 is 6.03 Å². The third kappa shape index (κ3) is 5.44. The number of nitrogens with one attached hydrogen (secondary N) is 2. The van der Waals surface area contributed by atoms with Crippen molar-refractivity contribution in [3.8, 4) is 12.3 Å². The summed E-state index contributed by atoms with van der Waals surface area (Å²) in [6.07, 6.45) is 5.25. The molecular formula is C9H13ClN2O2. The molecule has 0 spiro atoms. The Kier molecular flexibility index (Phi) is 5.03. The van der Waals surface area contributed by atoms with E-state index < -0.39 is 17.5 Å². The first kappa shape index (κ1) is 12.8. The van der Waals surface area contributed by atoms with Gasteiger partial charge in [-0.2, -0.15) is 0 Å². The molecular weight excluding hydrogens is 204 g/mol. The molecule has 0 aliphatic heterocycles. The predicted molar refractivity (Wildman–Crippen MR) is 54.9 cm³/mol. The molecule has 0 aromatic rings. The van der Waals surface area contributed by atoms with Crippen LogP contribution in [0.15, 0.2) is 0 Å². The number of amides is 3. The third-order valence-corrected chi connectivity index (χ3v) is 1.55. The second-order valence-corrected chi connectivity index (χ2v) is 3.59. The summed E-state index contributed by atoms with van der Waals surface area (Å²) in [5.41, 5.74) is -0.772. The van der Waals surface area contributed by atoms with Crippen LogP contribution in [0, 0.1) is 12.3 Å². The summed E-state index contributed by atoms with van der Waals surface area (Å²) >= 11 is 5.32. The number of carbonyl (C=O) groups is 2. The Morgan fingerprint density at radius 1 is 1.50 bits per heavy atom. The zero-order chi connectivity index (χ0) is 11.2. The van der Waals surface area contributed by atoms with Crippen LogP contribution in [0.5, 0.6) is 0 Å². The van der Waals surface area contributed by atoms with Gasteiger partial charge in [0.25, 0.3) is 0 Å². The number of imide groups is 1. The third-order valence-electron chi connectivity index (χ3n) is 1.36. The molecule has 0 radical (unpaired) electrons. The quantitative estimate of drug-likeness (QED) is 0.543. The minimum absolute atomic E-state index is 0.103. The van der Waals surface area contributed by atoms with Crippen molar-refractivity contribution in [1.82, 2.24) is 10.6 Å². The van der Waals surface area contributed by atoms with Crippen LogP contribution in [0.4, 0.5) is 4.79 Å². The lowest BCUT2D eigenvalue weighted by Crippen LogP contribution is -2.49. The number of hydrogen-bond donors (Lipinski definition) is 2. The van der Waals surface area contributed by atoms with E-state index in [4.69, 9.17) is 18.0 Å². The Balaban J connectivity index is 4.01. The predicted octanol–water partition coefficient (Wildman–Crippen LogP) is 0.853. The minimum Gasteiger partial charge on any atom is -0.322 e. The molecule has 0 atom stereocenters. The summed E-state index contributed by atoms with van der Waals surface area (Å²) in [7, 11) is 0. The van der Waals surface area contributed by atoms with E-state index in [9.17, 15) is 9.59 Å². The summed E-state index contributed by atoms with van der Waals surface area (Å²) in [5.74, 6) is 2.12. The van der Waals surface area contributed by atoms with Crippen LogP contribution in [0.1, 0.15) is 20.3 Å². The molecule has 0 aliphatic rings. The van der Waals surface area contributed by atoms with E-state index >= 15 is 0 Å². The van der Waals surface area contributed by atoms with Crippen molar-refractivity contribution in [3.05, 3.63) is 0 Å². The maximum atomic E-state index is 11.1. The smallest absolute Gasteiger partial charge is 0.322 e. The molecule has 0 unspecified atom stereocenters. The summed E-state index contributed by atoms with van der Waals surface area (Å²) in [5, 5.41) is 4.55. The molecule has 14 heavy (non-hydrogen) atoms. The fourth-order valence-electron chi connectivity index (χ4n) is 0.626. The Labute approximate surface area is 88.4 Å². The fourth-order valence-corrected chi connectivity index (χ4v) is 0.798. The van der Waals surface area contributed by atoms with E-state index in [2.05, 4.69) is 16.6 Å². The molecule has 0 aromatic carbocycles. The van der Waals surface area contributed by atoms with Gasteiger partial charge in [-0.25, -0.2) is 4.79 Å². The largest absolute Gasteiger partial charge is 0.322 e. The van der Waals surface area contributed by atoms with E-state index in [1.807, 2.05) is 0 Å². The van der Waals surface area contributed by atoms with Gasteiger partial charge in [0.2, 0.25) is 5.91 Å². The number of halogens is 1. The molecule has 4 nitrogen and oxygen atoms in total. The maximum Gasteiger partial charge on any atom is 0.322 e. The lowest BCUT2D eigenvalue weighted by atomic mass is 10.1. The molecule has 0 aliphatic carbocycles. The molecule has 0 saturated carbocycles. The highest BCUT2D eigenvalue weighted by atomic mass is 35.5. The molecule has 0 saturated heterocycles. The van der Waals surface area contributed by atoms with E-state index in [0.717, 1.165) is 0 Å². The molecule has 0 heterocycles. The van der Waals surface area contributed by atoms with Crippen molar-refractivity contribution in [1.29, 1.82) is 0 Å². The first-order chi connectivity index (χ1) is 6.41. The van der Waals surface area contributed by atoms with Crippen LogP contribution in [-0.2, 0) is 4.79 Å². The van der Waals surface area contributed by atoms with Crippen molar-refractivity contribution in [2.45, 2.75) is 25.8 Å². The summed E-state index contributed by atoms with van der Waals surface area (Å²) in [4.78, 5) is 22.0. The highest BCUT2D eigenvalue weighted by Gasteiger charge is 2.17. The van der Waals surface area contributed by atoms with Gasteiger partial charge < -0.3 is 5.32 Å². The van der Waals surface area contributed by atoms with E-state index in [1.165, 1.54) is 0 Å². The average molecular weight is 217 g/mol. The highest BCUT2D eigenvalue weighted by molar-refractivity contribution is 6.19. The number of hydrogen-bond acceptors (Lipinski definition) is 2. The number of rotatable bonds is 3. The standard InChI is InChI=1S/C9H13ClN2O2/c1-4-9(2,3)12-8(14)11-7(13)5-6-10/h1H,5-6H2,2-3H3,(H2,11,12,13,14). The number of alkyl halides is 1. The van der Waals surface area contributed by atoms with Crippen LogP contribution >= 0.6 is 11.6 Å². The second kappa shape index (κ2) is 5.51. The molecule has 0 rings (SSSR count). The molecule has 0 fully saturated rings. The van der Waals surface area contributed by atoms with Crippen LogP contribution in [-0.4, -0.2) is 23.4 Å². The van der Waals surface area contributed by atoms with Gasteiger partial charge in [0.1, 0.15) is 0 Å². The molecule has 78 valence electrons. The topological polar surface area (TPSA) is 58.2 Å². The molecule has 2 N–H and O–H groups in total. The first-order valence-corrected chi connectivity index (χ1v) is 4.60. The van der Waals surface area contributed by atoms with Gasteiger partial charge in [0, 0.05) is 12.3 Å². The zero-order valence-electron chi connectivity index (χ0n) is 8.19. The zero-order valence-corrected chi connectivity index (χ0v) is 8.94. The van der Waals surface area contributed by atoms with E-state index in [0.29, 0.717) is 0 Å². The van der Waals surface area contributed by atoms with Gasteiger partial charge in [0.05, 0.1) is 5.54 Å². The summed E-state index contributed by atoms with van der Waals surface area (Å²) in [6.45, 7) is 3.30. The summed E-state index contributed by atoms with van der Waals surface area (Å²) in [6, 6.07) is -0.608. The van der Waals surface area contributed by atoms with Crippen molar-refractivity contribution in [3.63, 3.8) is 0 Å². The fraction of sp³-hybridized carbons (Fsp3) is 0.556. The Hall–Kier alpha value is -1.21. The minimum atomic E-state index is -0.772. The Morgan fingerprint density at radius 2 is 2.07 bits per heavy atom. The maximum absolute atomic E-state index is 11.1. The van der Waals surface area contributed by atoms with Crippen molar-refractivity contribution >= 4 is 23.5 Å². The lowest BCUT2D eigenvalue weighted by molar-refractivity contribution is -0.119. The summed E-state index contributed by atoms with van der Waals surface area (Å²) < 4.78 is 0.